The quantitative estimate of drug-likeness (QED) is 0.884. The molecule has 1 saturated heterocycles. The molecule has 104 valence electrons. The van der Waals surface area contributed by atoms with Crippen LogP contribution in [0.3, 0.4) is 0 Å². The first-order valence-electron chi connectivity index (χ1n) is 7.34. The molecule has 2 aliphatic rings. The molecule has 1 aromatic heterocycles. The molecule has 0 spiro atoms. The number of aromatic nitrogens is 1. The zero-order chi connectivity index (χ0) is 13.2. The molecular formula is C15H23N3O. The first kappa shape index (κ1) is 12.9. The number of fused-ring (bicyclic) bond motifs is 1. The summed E-state index contributed by atoms with van der Waals surface area (Å²) < 4.78 is 5.92. The van der Waals surface area contributed by atoms with Gasteiger partial charge in [-0.3, -0.25) is 0 Å². The minimum absolute atomic E-state index is 0.402. The van der Waals surface area contributed by atoms with E-state index in [1.807, 2.05) is 6.92 Å². The highest BCUT2D eigenvalue weighted by Crippen LogP contribution is 2.31. The van der Waals surface area contributed by atoms with Crippen molar-refractivity contribution in [1.29, 1.82) is 0 Å². The number of anilines is 1. The zero-order valence-electron chi connectivity index (χ0n) is 11.6. The Labute approximate surface area is 115 Å². The molecular weight excluding hydrogens is 238 g/mol. The molecule has 3 rings (SSSR count). The molecule has 1 saturated carbocycles. The van der Waals surface area contributed by atoms with Crippen LogP contribution in [0.5, 0.6) is 0 Å². The summed E-state index contributed by atoms with van der Waals surface area (Å²) in [5.74, 6) is 1.09. The van der Waals surface area contributed by atoms with Crippen molar-refractivity contribution in [2.45, 2.75) is 51.3 Å². The van der Waals surface area contributed by atoms with Gasteiger partial charge in [-0.1, -0.05) is 18.9 Å². The maximum Gasteiger partial charge on any atom is 0.129 e. The highest BCUT2D eigenvalue weighted by molar-refractivity contribution is 5.43. The minimum atomic E-state index is 0.402. The van der Waals surface area contributed by atoms with Gasteiger partial charge in [0.1, 0.15) is 5.82 Å². The maximum atomic E-state index is 5.92. The number of ether oxygens (including phenoxy) is 1. The lowest BCUT2D eigenvalue weighted by Crippen LogP contribution is -2.53. The fraction of sp³-hybridized carbons (Fsp3) is 0.667. The molecule has 0 amide bonds. The lowest BCUT2D eigenvalue weighted by molar-refractivity contribution is -0.00899. The highest BCUT2D eigenvalue weighted by atomic mass is 16.5. The van der Waals surface area contributed by atoms with Crippen LogP contribution in [0.15, 0.2) is 12.1 Å². The number of morpholine rings is 1. The fourth-order valence-corrected chi connectivity index (χ4v) is 3.33. The van der Waals surface area contributed by atoms with Crippen LogP contribution < -0.4 is 10.6 Å². The highest BCUT2D eigenvalue weighted by Gasteiger charge is 2.34. The second kappa shape index (κ2) is 5.47. The summed E-state index contributed by atoms with van der Waals surface area (Å²) >= 11 is 0. The summed E-state index contributed by atoms with van der Waals surface area (Å²) in [6.45, 7) is 4.38. The molecule has 4 nitrogen and oxygen atoms in total. The Morgan fingerprint density at radius 1 is 1.37 bits per heavy atom. The molecule has 1 aliphatic heterocycles. The number of nitrogens with zero attached hydrogens (tertiary/aromatic N) is 2. The van der Waals surface area contributed by atoms with Gasteiger partial charge in [0.05, 0.1) is 18.8 Å². The molecule has 0 aromatic carbocycles. The summed E-state index contributed by atoms with van der Waals surface area (Å²) in [4.78, 5) is 7.19. The predicted octanol–water partition coefficient (Wildman–Crippen LogP) is 2.00. The average molecular weight is 261 g/mol. The molecule has 0 bridgehead atoms. The van der Waals surface area contributed by atoms with E-state index in [4.69, 9.17) is 15.5 Å². The van der Waals surface area contributed by atoms with Crippen molar-refractivity contribution < 1.29 is 4.74 Å². The van der Waals surface area contributed by atoms with E-state index >= 15 is 0 Å². The molecule has 2 heterocycles. The Hall–Kier alpha value is -1.13. The van der Waals surface area contributed by atoms with Crippen molar-refractivity contribution in [3.8, 4) is 0 Å². The Bertz CT molecular complexity index is 447. The van der Waals surface area contributed by atoms with E-state index in [0.717, 1.165) is 30.2 Å². The SMILES string of the molecule is Cc1nc(N2CCOC3CCCCC32)ccc1CN. The van der Waals surface area contributed by atoms with Crippen molar-refractivity contribution in [1.82, 2.24) is 4.98 Å². The Morgan fingerprint density at radius 3 is 3.00 bits per heavy atom. The minimum Gasteiger partial charge on any atom is -0.374 e. The second-order valence-corrected chi connectivity index (χ2v) is 5.57. The standard InChI is InChI=1S/C15H23N3O/c1-11-12(10-16)6-7-15(17-11)18-8-9-19-14-5-3-2-4-13(14)18/h6-7,13-14H,2-5,8-10,16H2,1H3. The molecule has 19 heavy (non-hydrogen) atoms. The van der Waals surface area contributed by atoms with Crippen LogP contribution in [0.4, 0.5) is 5.82 Å². The van der Waals surface area contributed by atoms with Gasteiger partial charge in [0.25, 0.3) is 0 Å². The molecule has 2 fully saturated rings. The number of aryl methyl sites for hydroxylation is 1. The second-order valence-electron chi connectivity index (χ2n) is 5.57. The lowest BCUT2D eigenvalue weighted by Gasteiger charge is -2.44. The first-order valence-corrected chi connectivity index (χ1v) is 7.34. The van der Waals surface area contributed by atoms with Gasteiger partial charge in [-0.15, -0.1) is 0 Å². The van der Waals surface area contributed by atoms with Crippen LogP contribution in [0, 0.1) is 6.92 Å². The maximum absolute atomic E-state index is 5.92. The van der Waals surface area contributed by atoms with Crippen molar-refractivity contribution in [3.05, 3.63) is 23.4 Å². The average Bonchev–Trinajstić information content (AvgIpc) is 2.46. The molecule has 1 aromatic rings. The summed E-state index contributed by atoms with van der Waals surface area (Å²) in [5.41, 5.74) is 7.90. The number of nitrogens with two attached hydrogens (primary N) is 1. The van der Waals surface area contributed by atoms with Gasteiger partial charge in [0.15, 0.2) is 0 Å². The summed E-state index contributed by atoms with van der Waals surface area (Å²) in [6, 6.07) is 4.75. The smallest absolute Gasteiger partial charge is 0.129 e. The molecule has 1 aliphatic carbocycles. The van der Waals surface area contributed by atoms with Gasteiger partial charge in [-0.25, -0.2) is 4.98 Å². The number of hydrogen-bond acceptors (Lipinski definition) is 4. The summed E-state index contributed by atoms with van der Waals surface area (Å²) in [6.07, 6.45) is 5.43. The molecule has 0 radical (unpaired) electrons. The van der Waals surface area contributed by atoms with E-state index in [1.165, 1.54) is 25.7 Å². The summed E-state index contributed by atoms with van der Waals surface area (Å²) in [5, 5.41) is 0. The largest absolute Gasteiger partial charge is 0.374 e. The molecule has 2 atom stereocenters. The van der Waals surface area contributed by atoms with Gasteiger partial charge in [0.2, 0.25) is 0 Å². The third kappa shape index (κ3) is 2.47. The van der Waals surface area contributed by atoms with Crippen molar-refractivity contribution >= 4 is 5.82 Å². The van der Waals surface area contributed by atoms with E-state index in [0.29, 0.717) is 18.7 Å². The van der Waals surface area contributed by atoms with Gasteiger partial charge in [-0.05, 0) is 31.4 Å². The van der Waals surface area contributed by atoms with Crippen LogP contribution in [-0.2, 0) is 11.3 Å². The fourth-order valence-electron chi connectivity index (χ4n) is 3.33. The molecule has 2 unspecified atom stereocenters. The Balaban J connectivity index is 1.85. The van der Waals surface area contributed by atoms with E-state index in [-0.39, 0.29) is 0 Å². The third-order valence-electron chi connectivity index (χ3n) is 4.43. The van der Waals surface area contributed by atoms with Crippen molar-refractivity contribution in [3.63, 3.8) is 0 Å². The molecule has 2 N–H and O–H groups in total. The normalized spacial score (nSPS) is 27.2. The predicted molar refractivity (Wildman–Crippen MR) is 76.2 cm³/mol. The topological polar surface area (TPSA) is 51.4 Å². The van der Waals surface area contributed by atoms with E-state index < -0.39 is 0 Å². The van der Waals surface area contributed by atoms with Crippen LogP contribution in [0.2, 0.25) is 0 Å². The van der Waals surface area contributed by atoms with Crippen molar-refractivity contribution in [2.75, 3.05) is 18.1 Å². The Kier molecular flexibility index (Phi) is 3.71. The van der Waals surface area contributed by atoms with Crippen LogP contribution in [-0.4, -0.2) is 30.3 Å². The molecule has 4 heteroatoms. The van der Waals surface area contributed by atoms with Crippen LogP contribution >= 0.6 is 0 Å². The Morgan fingerprint density at radius 2 is 2.21 bits per heavy atom. The number of rotatable bonds is 2. The monoisotopic (exact) mass is 261 g/mol. The van der Waals surface area contributed by atoms with E-state index in [2.05, 4.69) is 17.0 Å². The van der Waals surface area contributed by atoms with E-state index in [9.17, 15) is 0 Å². The number of pyridine rings is 1. The number of hydrogen-bond donors (Lipinski definition) is 1. The van der Waals surface area contributed by atoms with Crippen molar-refractivity contribution in [2.24, 2.45) is 5.73 Å². The van der Waals surface area contributed by atoms with Crippen LogP contribution in [0.1, 0.15) is 36.9 Å². The third-order valence-corrected chi connectivity index (χ3v) is 4.43. The van der Waals surface area contributed by atoms with Gasteiger partial charge in [0, 0.05) is 18.8 Å². The summed E-state index contributed by atoms with van der Waals surface area (Å²) in [7, 11) is 0. The zero-order valence-corrected chi connectivity index (χ0v) is 11.6. The lowest BCUT2D eigenvalue weighted by atomic mass is 9.90. The van der Waals surface area contributed by atoms with Crippen LogP contribution in [0.25, 0.3) is 0 Å². The van der Waals surface area contributed by atoms with Gasteiger partial charge in [-0.2, -0.15) is 0 Å². The van der Waals surface area contributed by atoms with Gasteiger partial charge < -0.3 is 15.4 Å². The first-order chi connectivity index (χ1) is 9.29. The van der Waals surface area contributed by atoms with Gasteiger partial charge >= 0.3 is 0 Å². The van der Waals surface area contributed by atoms with E-state index in [1.54, 1.807) is 0 Å².